The highest BCUT2D eigenvalue weighted by Crippen LogP contribution is 2.30. The summed E-state index contributed by atoms with van der Waals surface area (Å²) in [4.78, 5) is 4.17. The Labute approximate surface area is 109 Å². The molecule has 90 valence electrons. The summed E-state index contributed by atoms with van der Waals surface area (Å²) < 4.78 is 1.74. The third-order valence-corrected chi connectivity index (χ3v) is 2.84. The molecule has 0 aromatic carbocycles. The lowest BCUT2D eigenvalue weighted by Crippen LogP contribution is -2.04. The van der Waals surface area contributed by atoms with E-state index < -0.39 is 0 Å². The molecule has 0 spiro atoms. The van der Waals surface area contributed by atoms with Crippen LogP contribution < -0.4 is 5.73 Å². The quantitative estimate of drug-likeness (QED) is 0.932. The first-order valence-electron chi connectivity index (χ1n) is 5.14. The first-order valence-corrected chi connectivity index (χ1v) is 5.89. The number of nitrogen functional groups attached to an aromatic ring is 1. The summed E-state index contributed by atoms with van der Waals surface area (Å²) in [7, 11) is 0. The molecule has 0 aliphatic rings. The standard InChI is InChI=1S/C10H11Cl2N5/c1-2-3-17-8(5-14-16-17)9-6(11)4-7(12)10(13)15-9/h4-5H,2-3H2,1H3,(H2,13,15). The van der Waals surface area contributed by atoms with Crippen LogP contribution in [-0.4, -0.2) is 20.0 Å². The second kappa shape index (κ2) is 4.89. The molecule has 5 nitrogen and oxygen atoms in total. The lowest BCUT2D eigenvalue weighted by molar-refractivity contribution is 0.583. The second-order valence-electron chi connectivity index (χ2n) is 3.53. The van der Waals surface area contributed by atoms with Gasteiger partial charge in [-0.25, -0.2) is 9.67 Å². The Bertz CT molecular complexity index is 537. The van der Waals surface area contributed by atoms with Crippen LogP contribution in [0.15, 0.2) is 12.3 Å². The number of anilines is 1. The van der Waals surface area contributed by atoms with Crippen molar-refractivity contribution in [1.29, 1.82) is 0 Å². The molecular formula is C10H11Cl2N5. The van der Waals surface area contributed by atoms with Gasteiger partial charge in [0.1, 0.15) is 17.2 Å². The van der Waals surface area contributed by atoms with Crippen LogP contribution in [0.3, 0.4) is 0 Å². The van der Waals surface area contributed by atoms with Gasteiger partial charge < -0.3 is 5.73 Å². The van der Waals surface area contributed by atoms with E-state index in [-0.39, 0.29) is 5.82 Å². The predicted octanol–water partition coefficient (Wildman–Crippen LogP) is 2.64. The Hall–Kier alpha value is -1.33. The van der Waals surface area contributed by atoms with Crippen LogP contribution in [-0.2, 0) is 6.54 Å². The number of rotatable bonds is 3. The van der Waals surface area contributed by atoms with Crippen molar-refractivity contribution >= 4 is 29.0 Å². The van der Waals surface area contributed by atoms with E-state index in [2.05, 4.69) is 22.2 Å². The molecule has 0 amide bonds. The number of hydrogen-bond donors (Lipinski definition) is 1. The molecule has 17 heavy (non-hydrogen) atoms. The van der Waals surface area contributed by atoms with Crippen LogP contribution in [0.1, 0.15) is 13.3 Å². The maximum absolute atomic E-state index is 6.09. The molecule has 0 saturated heterocycles. The van der Waals surface area contributed by atoms with Gasteiger partial charge in [-0.1, -0.05) is 35.3 Å². The molecule has 0 unspecified atom stereocenters. The van der Waals surface area contributed by atoms with Crippen LogP contribution in [0.2, 0.25) is 10.0 Å². The zero-order valence-corrected chi connectivity index (χ0v) is 10.7. The number of aryl methyl sites for hydroxylation is 1. The Balaban J connectivity index is 2.52. The molecule has 0 fully saturated rings. The summed E-state index contributed by atoms with van der Waals surface area (Å²) in [6, 6.07) is 1.57. The first-order chi connectivity index (χ1) is 8.13. The Kier molecular flexibility index (Phi) is 3.49. The second-order valence-corrected chi connectivity index (χ2v) is 4.34. The van der Waals surface area contributed by atoms with Gasteiger partial charge >= 0.3 is 0 Å². The van der Waals surface area contributed by atoms with E-state index in [4.69, 9.17) is 28.9 Å². The number of nitrogens with two attached hydrogens (primary N) is 1. The van der Waals surface area contributed by atoms with Gasteiger partial charge in [0.25, 0.3) is 0 Å². The summed E-state index contributed by atoms with van der Waals surface area (Å²) >= 11 is 11.9. The maximum atomic E-state index is 6.09. The number of hydrogen-bond acceptors (Lipinski definition) is 4. The molecule has 2 rings (SSSR count). The van der Waals surface area contributed by atoms with Gasteiger partial charge in [0.2, 0.25) is 0 Å². The molecule has 0 bridgehead atoms. The van der Waals surface area contributed by atoms with Crippen molar-refractivity contribution in [3.8, 4) is 11.4 Å². The fourth-order valence-corrected chi connectivity index (χ4v) is 1.93. The minimum Gasteiger partial charge on any atom is -0.382 e. The fourth-order valence-electron chi connectivity index (χ4n) is 1.48. The van der Waals surface area contributed by atoms with E-state index in [0.717, 1.165) is 18.7 Å². The molecule has 0 aliphatic carbocycles. The molecule has 0 radical (unpaired) electrons. The van der Waals surface area contributed by atoms with Gasteiger partial charge in [0.05, 0.1) is 16.2 Å². The minimum atomic E-state index is 0.246. The summed E-state index contributed by atoms with van der Waals surface area (Å²) in [5, 5.41) is 8.60. The number of aromatic nitrogens is 4. The Morgan fingerprint density at radius 1 is 1.35 bits per heavy atom. The average Bonchev–Trinajstić information content (AvgIpc) is 2.72. The smallest absolute Gasteiger partial charge is 0.143 e. The molecule has 2 heterocycles. The van der Waals surface area contributed by atoms with Crippen molar-refractivity contribution in [3.05, 3.63) is 22.3 Å². The average molecular weight is 272 g/mol. The highest BCUT2D eigenvalue weighted by Gasteiger charge is 2.14. The van der Waals surface area contributed by atoms with Gasteiger partial charge in [-0.3, -0.25) is 0 Å². The molecule has 0 atom stereocenters. The molecule has 2 aromatic heterocycles. The lowest BCUT2D eigenvalue weighted by atomic mass is 10.2. The highest BCUT2D eigenvalue weighted by molar-refractivity contribution is 6.37. The summed E-state index contributed by atoms with van der Waals surface area (Å²) in [5.41, 5.74) is 6.95. The predicted molar refractivity (Wildman–Crippen MR) is 68.0 cm³/mol. The Morgan fingerprint density at radius 3 is 2.82 bits per heavy atom. The first kappa shape index (κ1) is 12.1. The third kappa shape index (κ3) is 2.35. The molecule has 0 aliphatic heterocycles. The molecular weight excluding hydrogens is 261 g/mol. The lowest BCUT2D eigenvalue weighted by Gasteiger charge is -2.07. The minimum absolute atomic E-state index is 0.246. The van der Waals surface area contributed by atoms with Crippen molar-refractivity contribution in [2.24, 2.45) is 0 Å². The van der Waals surface area contributed by atoms with Gasteiger partial charge in [-0.15, -0.1) is 5.10 Å². The number of nitrogens with zero attached hydrogens (tertiary/aromatic N) is 4. The van der Waals surface area contributed by atoms with Crippen molar-refractivity contribution < 1.29 is 0 Å². The van der Waals surface area contributed by atoms with Crippen LogP contribution >= 0.6 is 23.2 Å². The molecule has 7 heteroatoms. The van der Waals surface area contributed by atoms with Crippen molar-refractivity contribution in [1.82, 2.24) is 20.0 Å². The van der Waals surface area contributed by atoms with Gasteiger partial charge in [0.15, 0.2) is 0 Å². The maximum Gasteiger partial charge on any atom is 0.143 e. The van der Waals surface area contributed by atoms with E-state index in [0.29, 0.717) is 15.7 Å². The number of halogens is 2. The summed E-state index contributed by atoms with van der Waals surface area (Å²) in [5.74, 6) is 0.246. The third-order valence-electron chi connectivity index (χ3n) is 2.25. The van der Waals surface area contributed by atoms with Crippen molar-refractivity contribution in [2.75, 3.05) is 5.73 Å². The van der Waals surface area contributed by atoms with E-state index >= 15 is 0 Å². The van der Waals surface area contributed by atoms with Crippen molar-refractivity contribution in [3.63, 3.8) is 0 Å². The van der Waals surface area contributed by atoms with Crippen LogP contribution in [0.4, 0.5) is 5.82 Å². The zero-order valence-electron chi connectivity index (χ0n) is 9.19. The van der Waals surface area contributed by atoms with E-state index in [9.17, 15) is 0 Å². The molecule has 0 saturated carbocycles. The monoisotopic (exact) mass is 271 g/mol. The van der Waals surface area contributed by atoms with Crippen molar-refractivity contribution in [2.45, 2.75) is 19.9 Å². The van der Waals surface area contributed by atoms with E-state index in [1.807, 2.05) is 0 Å². The van der Waals surface area contributed by atoms with E-state index in [1.165, 1.54) is 0 Å². The molecule has 2 aromatic rings. The van der Waals surface area contributed by atoms with Crippen LogP contribution in [0, 0.1) is 0 Å². The normalized spacial score (nSPS) is 10.8. The Morgan fingerprint density at radius 2 is 2.12 bits per heavy atom. The van der Waals surface area contributed by atoms with Crippen LogP contribution in [0.5, 0.6) is 0 Å². The fraction of sp³-hybridized carbons (Fsp3) is 0.300. The van der Waals surface area contributed by atoms with Gasteiger partial charge in [-0.2, -0.15) is 0 Å². The largest absolute Gasteiger partial charge is 0.382 e. The SMILES string of the molecule is CCCn1nncc1-c1nc(N)c(Cl)cc1Cl. The number of pyridine rings is 1. The highest BCUT2D eigenvalue weighted by atomic mass is 35.5. The summed E-state index contributed by atoms with van der Waals surface area (Å²) in [6.45, 7) is 2.80. The van der Waals surface area contributed by atoms with Gasteiger partial charge in [0, 0.05) is 6.54 Å². The van der Waals surface area contributed by atoms with E-state index in [1.54, 1.807) is 16.9 Å². The van der Waals surface area contributed by atoms with Crippen LogP contribution in [0.25, 0.3) is 11.4 Å². The van der Waals surface area contributed by atoms with Gasteiger partial charge in [-0.05, 0) is 12.5 Å². The summed E-state index contributed by atoms with van der Waals surface area (Å²) in [6.07, 6.45) is 2.55. The topological polar surface area (TPSA) is 69.6 Å². The molecule has 2 N–H and O–H groups in total. The zero-order chi connectivity index (χ0) is 12.4.